The van der Waals surface area contributed by atoms with Crippen molar-refractivity contribution in [3.63, 3.8) is 0 Å². The van der Waals surface area contributed by atoms with E-state index in [0.29, 0.717) is 12.0 Å². The van der Waals surface area contributed by atoms with Crippen molar-refractivity contribution in [2.45, 2.75) is 32.2 Å². The van der Waals surface area contributed by atoms with Crippen LogP contribution < -0.4 is 4.90 Å². The lowest BCUT2D eigenvalue weighted by molar-refractivity contribution is 0.0695. The second-order valence-corrected chi connectivity index (χ2v) is 8.40. The monoisotopic (exact) mass is 415 g/mol. The Balaban J connectivity index is 1.56. The van der Waals surface area contributed by atoms with Gasteiger partial charge in [0.15, 0.2) is 0 Å². The van der Waals surface area contributed by atoms with E-state index >= 15 is 0 Å². The topological polar surface area (TPSA) is 56.7 Å². The highest BCUT2D eigenvalue weighted by Gasteiger charge is 2.25. The zero-order valence-corrected chi connectivity index (χ0v) is 18.4. The van der Waals surface area contributed by atoms with Crippen molar-refractivity contribution in [1.82, 2.24) is 9.88 Å². The van der Waals surface area contributed by atoms with E-state index in [4.69, 9.17) is 0 Å². The Morgan fingerprint density at radius 1 is 1.16 bits per heavy atom. The number of anilines is 2. The molecule has 1 aliphatic rings. The van der Waals surface area contributed by atoms with Crippen molar-refractivity contribution >= 4 is 17.3 Å². The summed E-state index contributed by atoms with van der Waals surface area (Å²) in [5.74, 6) is -0.890. The van der Waals surface area contributed by atoms with Crippen molar-refractivity contribution in [2.24, 2.45) is 0 Å². The second-order valence-electron chi connectivity index (χ2n) is 8.40. The van der Waals surface area contributed by atoms with Crippen LogP contribution in [0.5, 0.6) is 0 Å². The van der Waals surface area contributed by atoms with Gasteiger partial charge in [-0.1, -0.05) is 23.8 Å². The highest BCUT2D eigenvalue weighted by Crippen LogP contribution is 2.35. The van der Waals surface area contributed by atoms with E-state index in [9.17, 15) is 9.90 Å². The van der Waals surface area contributed by atoms with Crippen LogP contribution in [0.15, 0.2) is 60.9 Å². The van der Waals surface area contributed by atoms with E-state index in [-0.39, 0.29) is 6.04 Å². The predicted octanol–water partition coefficient (Wildman–Crippen LogP) is 5.02. The van der Waals surface area contributed by atoms with Gasteiger partial charge < -0.3 is 10.0 Å². The van der Waals surface area contributed by atoms with E-state index in [0.717, 1.165) is 24.9 Å². The Morgan fingerprint density at radius 3 is 2.65 bits per heavy atom. The number of benzene rings is 2. The van der Waals surface area contributed by atoms with E-state index in [1.54, 1.807) is 18.5 Å². The number of carboxylic acids is 1. The van der Waals surface area contributed by atoms with Gasteiger partial charge in [0, 0.05) is 43.4 Å². The summed E-state index contributed by atoms with van der Waals surface area (Å²) in [7, 11) is 4.26. The van der Waals surface area contributed by atoms with Crippen molar-refractivity contribution < 1.29 is 9.90 Å². The number of nitrogens with zero attached hydrogens (tertiary/aromatic N) is 3. The van der Waals surface area contributed by atoms with Crippen molar-refractivity contribution in [3.8, 4) is 0 Å². The highest BCUT2D eigenvalue weighted by atomic mass is 16.4. The van der Waals surface area contributed by atoms with E-state index < -0.39 is 5.97 Å². The van der Waals surface area contributed by atoms with Crippen LogP contribution in [0.2, 0.25) is 0 Å². The Labute approximate surface area is 184 Å². The van der Waals surface area contributed by atoms with Gasteiger partial charge >= 0.3 is 5.97 Å². The molecule has 3 aromatic rings. The lowest BCUT2D eigenvalue weighted by Crippen LogP contribution is -2.32. The molecule has 0 aliphatic carbocycles. The number of hydrogen-bond acceptors (Lipinski definition) is 4. The minimum atomic E-state index is -0.890. The molecule has 1 N–H and O–H groups in total. The number of likely N-dealkylation sites (N-methyl/N-ethyl adjacent to an activating group) is 1. The molecule has 2 aromatic carbocycles. The summed E-state index contributed by atoms with van der Waals surface area (Å²) in [6.07, 6.45) is 5.80. The number of aromatic nitrogens is 1. The molecule has 0 fully saturated rings. The van der Waals surface area contributed by atoms with E-state index in [1.165, 1.54) is 28.1 Å². The van der Waals surface area contributed by atoms with Gasteiger partial charge in [-0.25, -0.2) is 4.79 Å². The molecular formula is C26H29N3O2. The summed E-state index contributed by atoms with van der Waals surface area (Å²) in [5.41, 5.74) is 7.49. The van der Waals surface area contributed by atoms with Crippen LogP contribution in [0.1, 0.15) is 45.1 Å². The highest BCUT2D eigenvalue weighted by molar-refractivity contribution is 5.89. The minimum Gasteiger partial charge on any atom is -0.478 e. The zero-order valence-electron chi connectivity index (χ0n) is 18.4. The molecule has 4 rings (SSSR count). The fraction of sp³-hybridized carbons (Fsp3) is 0.308. The number of aryl methyl sites for hydroxylation is 2. The Morgan fingerprint density at radius 2 is 1.90 bits per heavy atom. The smallest absolute Gasteiger partial charge is 0.336 e. The molecule has 160 valence electrons. The van der Waals surface area contributed by atoms with Gasteiger partial charge in [-0.05, 0) is 80.3 Å². The summed E-state index contributed by atoms with van der Waals surface area (Å²) in [6, 6.07) is 17.2. The van der Waals surface area contributed by atoms with Crippen LogP contribution in [-0.2, 0) is 12.8 Å². The molecule has 0 bridgehead atoms. The molecule has 0 amide bonds. The Kier molecular flexibility index (Phi) is 6.05. The van der Waals surface area contributed by atoms with Gasteiger partial charge in [0.1, 0.15) is 0 Å². The first-order valence-electron chi connectivity index (χ1n) is 10.7. The van der Waals surface area contributed by atoms with Crippen molar-refractivity contribution in [1.29, 1.82) is 0 Å². The summed E-state index contributed by atoms with van der Waals surface area (Å²) < 4.78 is 0. The maximum atomic E-state index is 11.5. The average Bonchev–Trinajstić information content (AvgIpc) is 2.78. The summed E-state index contributed by atoms with van der Waals surface area (Å²) >= 11 is 0. The molecule has 0 saturated carbocycles. The van der Waals surface area contributed by atoms with Crippen molar-refractivity contribution in [2.75, 3.05) is 25.5 Å². The minimum absolute atomic E-state index is 0.268. The summed E-state index contributed by atoms with van der Waals surface area (Å²) in [4.78, 5) is 20.3. The third kappa shape index (κ3) is 4.47. The van der Waals surface area contributed by atoms with E-state index in [2.05, 4.69) is 78.3 Å². The van der Waals surface area contributed by atoms with Gasteiger partial charge in [0.05, 0.1) is 5.56 Å². The maximum absolute atomic E-state index is 11.5. The number of fused-ring (bicyclic) bond motifs is 1. The fourth-order valence-electron chi connectivity index (χ4n) is 4.45. The molecule has 0 saturated heterocycles. The number of carboxylic acid groups (broad SMARTS) is 1. The number of rotatable bonds is 6. The predicted molar refractivity (Wildman–Crippen MR) is 124 cm³/mol. The van der Waals surface area contributed by atoms with Gasteiger partial charge in [-0.3, -0.25) is 9.88 Å². The first kappa shape index (κ1) is 21.1. The molecule has 1 aliphatic heterocycles. The molecule has 5 heteroatoms. The fourth-order valence-corrected chi connectivity index (χ4v) is 4.45. The Bertz CT molecular complexity index is 1080. The van der Waals surface area contributed by atoms with Crippen LogP contribution in [0.25, 0.3) is 0 Å². The summed E-state index contributed by atoms with van der Waals surface area (Å²) in [6.45, 7) is 3.10. The van der Waals surface area contributed by atoms with Gasteiger partial charge in [-0.15, -0.1) is 0 Å². The third-order valence-corrected chi connectivity index (χ3v) is 6.38. The Hall–Kier alpha value is -3.18. The molecular weight excluding hydrogens is 386 g/mol. The summed E-state index contributed by atoms with van der Waals surface area (Å²) in [5, 5.41) is 9.46. The van der Waals surface area contributed by atoms with E-state index in [1.807, 2.05) is 0 Å². The molecule has 0 spiro atoms. The maximum Gasteiger partial charge on any atom is 0.336 e. The number of hydrogen-bond donors (Lipinski definition) is 1. The normalized spacial score (nSPS) is 16.0. The van der Waals surface area contributed by atoms with Crippen LogP contribution in [-0.4, -0.2) is 41.6 Å². The number of carbonyl (C=O) groups is 1. The molecule has 31 heavy (non-hydrogen) atoms. The van der Waals surface area contributed by atoms with Gasteiger partial charge in [0.25, 0.3) is 0 Å². The van der Waals surface area contributed by atoms with Crippen LogP contribution in [0, 0.1) is 6.92 Å². The average molecular weight is 416 g/mol. The van der Waals surface area contributed by atoms with Crippen LogP contribution in [0.3, 0.4) is 0 Å². The molecule has 2 heterocycles. The first-order valence-corrected chi connectivity index (χ1v) is 10.7. The van der Waals surface area contributed by atoms with Crippen LogP contribution >= 0.6 is 0 Å². The van der Waals surface area contributed by atoms with Gasteiger partial charge in [-0.2, -0.15) is 0 Å². The molecule has 5 nitrogen and oxygen atoms in total. The van der Waals surface area contributed by atoms with Crippen molar-refractivity contribution in [3.05, 3.63) is 88.7 Å². The van der Waals surface area contributed by atoms with Crippen LogP contribution in [0.4, 0.5) is 11.4 Å². The molecule has 0 unspecified atom stereocenters. The lowest BCUT2D eigenvalue weighted by atomic mass is 9.88. The zero-order chi connectivity index (χ0) is 22.0. The van der Waals surface area contributed by atoms with Gasteiger partial charge in [0.2, 0.25) is 0 Å². The molecule has 1 aromatic heterocycles. The number of aromatic carboxylic acids is 1. The second kappa shape index (κ2) is 8.90. The molecule has 0 radical (unpaired) electrons. The first-order chi connectivity index (χ1) is 14.9. The standard InChI is InChI=1S/C26H29N3O2/c1-18-4-7-21(8-5-18)29(3)22-9-10-23-19(16-22)13-15-28(2)25(23)11-6-20-17-27-14-12-24(20)26(30)31/h4-5,7-10,12,14,16-17,25H,6,11,13,15H2,1-3H3,(H,30,31)/t25-/m0/s1. The SMILES string of the molecule is Cc1ccc(N(C)c2ccc3c(c2)CCN(C)[C@H]3CCc2cnccc2C(=O)O)cc1. The number of pyridine rings is 1. The quantitative estimate of drug-likeness (QED) is 0.613. The molecule has 1 atom stereocenters. The largest absolute Gasteiger partial charge is 0.478 e. The lowest BCUT2D eigenvalue weighted by Gasteiger charge is -2.35. The third-order valence-electron chi connectivity index (χ3n) is 6.38.